The molecule has 1 saturated carbocycles. The lowest BCUT2D eigenvalue weighted by atomic mass is 10.0. The summed E-state index contributed by atoms with van der Waals surface area (Å²) in [4.78, 5) is 11.7. The predicted octanol–water partition coefficient (Wildman–Crippen LogP) is 5.56. The monoisotopic (exact) mass is 371 g/mol. The number of rotatable bonds is 5. The SMILES string of the molecule is O=C(CCCC1CCCC1)Nc1c(F)c(F)c(C(F)(F)F)c(F)c1F. The third-order valence-corrected chi connectivity index (χ3v) is 4.30. The molecule has 1 aromatic rings. The molecule has 0 aromatic heterocycles. The maximum absolute atomic E-state index is 13.7. The van der Waals surface area contributed by atoms with Gasteiger partial charge >= 0.3 is 6.18 Å². The standard InChI is InChI=1S/C16H16F7NO/c17-11-10(16(21,22)23)12(18)14(20)15(13(11)19)24-9(25)7-3-6-8-4-1-2-5-8/h8H,1-7H2,(H,24,25). The van der Waals surface area contributed by atoms with Gasteiger partial charge in [0, 0.05) is 6.42 Å². The minimum absolute atomic E-state index is 0.153. The zero-order valence-corrected chi connectivity index (χ0v) is 13.1. The minimum Gasteiger partial charge on any atom is -0.321 e. The van der Waals surface area contributed by atoms with Crippen LogP contribution in [0.25, 0.3) is 0 Å². The van der Waals surface area contributed by atoms with Crippen molar-refractivity contribution in [1.29, 1.82) is 0 Å². The summed E-state index contributed by atoms with van der Waals surface area (Å²) in [7, 11) is 0. The van der Waals surface area contributed by atoms with Crippen molar-refractivity contribution < 1.29 is 35.5 Å². The summed E-state index contributed by atoms with van der Waals surface area (Å²) in [5.74, 6) is -10.2. The summed E-state index contributed by atoms with van der Waals surface area (Å²) >= 11 is 0. The van der Waals surface area contributed by atoms with Crippen LogP contribution in [0, 0.1) is 29.2 Å². The molecule has 0 saturated heterocycles. The van der Waals surface area contributed by atoms with Crippen LogP contribution in [-0.4, -0.2) is 5.91 Å². The van der Waals surface area contributed by atoms with E-state index in [1.807, 2.05) is 0 Å². The van der Waals surface area contributed by atoms with Gasteiger partial charge in [0.25, 0.3) is 0 Å². The van der Waals surface area contributed by atoms with Gasteiger partial charge in [-0.3, -0.25) is 4.79 Å². The number of benzene rings is 1. The largest absolute Gasteiger partial charge is 0.422 e. The summed E-state index contributed by atoms with van der Waals surface area (Å²) in [6, 6.07) is 0. The van der Waals surface area contributed by atoms with Crippen molar-refractivity contribution in [3.8, 4) is 0 Å². The molecule has 0 atom stereocenters. The van der Waals surface area contributed by atoms with Gasteiger partial charge in [-0.25, -0.2) is 17.6 Å². The molecular formula is C16H16F7NO. The first kappa shape index (κ1) is 19.5. The van der Waals surface area contributed by atoms with E-state index in [-0.39, 0.29) is 6.42 Å². The highest BCUT2D eigenvalue weighted by molar-refractivity contribution is 5.91. The second-order valence-corrected chi connectivity index (χ2v) is 6.09. The van der Waals surface area contributed by atoms with E-state index in [0.717, 1.165) is 32.1 Å². The first-order chi connectivity index (χ1) is 11.6. The van der Waals surface area contributed by atoms with Gasteiger partial charge < -0.3 is 5.32 Å². The second kappa shape index (κ2) is 7.61. The van der Waals surface area contributed by atoms with E-state index >= 15 is 0 Å². The Balaban J connectivity index is 2.09. The Labute approximate surface area is 139 Å². The van der Waals surface area contributed by atoms with Crippen molar-refractivity contribution in [1.82, 2.24) is 0 Å². The zero-order chi connectivity index (χ0) is 18.8. The molecule has 1 aliphatic rings. The number of amides is 1. The van der Waals surface area contributed by atoms with Crippen LogP contribution in [0.2, 0.25) is 0 Å². The van der Waals surface area contributed by atoms with Crippen LogP contribution in [-0.2, 0) is 11.0 Å². The maximum Gasteiger partial charge on any atom is 0.422 e. The molecule has 1 aliphatic carbocycles. The zero-order valence-electron chi connectivity index (χ0n) is 13.1. The van der Waals surface area contributed by atoms with E-state index in [1.54, 1.807) is 5.32 Å². The Morgan fingerprint density at radius 3 is 1.96 bits per heavy atom. The Hall–Kier alpha value is -1.80. The molecule has 1 amide bonds. The molecule has 9 heteroatoms. The van der Waals surface area contributed by atoms with Gasteiger partial charge in [-0.2, -0.15) is 13.2 Å². The van der Waals surface area contributed by atoms with Gasteiger partial charge in [0.1, 0.15) is 11.3 Å². The van der Waals surface area contributed by atoms with Gasteiger partial charge in [0.15, 0.2) is 23.3 Å². The lowest BCUT2D eigenvalue weighted by Crippen LogP contribution is -2.20. The van der Waals surface area contributed by atoms with Crippen LogP contribution < -0.4 is 5.32 Å². The Morgan fingerprint density at radius 1 is 0.960 bits per heavy atom. The molecule has 0 heterocycles. The Bertz CT molecular complexity index is 622. The van der Waals surface area contributed by atoms with Crippen LogP contribution in [0.4, 0.5) is 36.4 Å². The molecule has 2 nitrogen and oxygen atoms in total. The summed E-state index contributed by atoms with van der Waals surface area (Å²) in [5.41, 5.74) is -4.21. The molecule has 2 rings (SSSR count). The molecule has 0 bridgehead atoms. The number of anilines is 1. The Morgan fingerprint density at radius 2 is 1.48 bits per heavy atom. The quantitative estimate of drug-likeness (QED) is 0.533. The smallest absolute Gasteiger partial charge is 0.321 e. The fourth-order valence-electron chi connectivity index (χ4n) is 3.04. The lowest BCUT2D eigenvalue weighted by Gasteiger charge is -2.15. The topological polar surface area (TPSA) is 29.1 Å². The maximum atomic E-state index is 13.7. The van der Waals surface area contributed by atoms with Crippen LogP contribution >= 0.6 is 0 Å². The third kappa shape index (κ3) is 4.43. The summed E-state index contributed by atoms with van der Waals surface area (Å²) in [5, 5.41) is 1.63. The number of carbonyl (C=O) groups is 1. The van der Waals surface area contributed by atoms with Gasteiger partial charge in [-0.15, -0.1) is 0 Å². The molecule has 140 valence electrons. The molecule has 25 heavy (non-hydrogen) atoms. The number of hydrogen-bond donors (Lipinski definition) is 1. The number of halogens is 7. The fraction of sp³-hybridized carbons (Fsp3) is 0.562. The molecule has 0 aliphatic heterocycles. The van der Waals surface area contributed by atoms with E-state index in [1.165, 1.54) is 0 Å². The number of alkyl halides is 3. The van der Waals surface area contributed by atoms with E-state index in [0.29, 0.717) is 12.3 Å². The average molecular weight is 371 g/mol. The highest BCUT2D eigenvalue weighted by Gasteiger charge is 2.42. The predicted molar refractivity (Wildman–Crippen MR) is 75.7 cm³/mol. The molecule has 0 radical (unpaired) electrons. The summed E-state index contributed by atoms with van der Waals surface area (Å²) in [6.45, 7) is 0. The number of nitrogens with one attached hydrogen (secondary N) is 1. The molecule has 1 aromatic carbocycles. The number of carbonyl (C=O) groups excluding carboxylic acids is 1. The highest BCUT2D eigenvalue weighted by atomic mass is 19.4. The molecular weight excluding hydrogens is 355 g/mol. The van der Waals surface area contributed by atoms with Gasteiger partial charge in [-0.1, -0.05) is 25.7 Å². The lowest BCUT2D eigenvalue weighted by molar-refractivity contribution is -0.143. The fourth-order valence-corrected chi connectivity index (χ4v) is 3.04. The first-order valence-corrected chi connectivity index (χ1v) is 7.86. The van der Waals surface area contributed by atoms with Crippen LogP contribution in [0.5, 0.6) is 0 Å². The highest BCUT2D eigenvalue weighted by Crippen LogP contribution is 2.38. The Kier molecular flexibility index (Phi) is 5.95. The van der Waals surface area contributed by atoms with Gasteiger partial charge in [0.2, 0.25) is 5.91 Å². The van der Waals surface area contributed by atoms with Crippen molar-refractivity contribution in [2.75, 3.05) is 5.32 Å². The second-order valence-electron chi connectivity index (χ2n) is 6.09. The normalized spacial score (nSPS) is 15.6. The molecule has 1 N–H and O–H groups in total. The van der Waals surface area contributed by atoms with E-state index in [9.17, 15) is 35.5 Å². The van der Waals surface area contributed by atoms with E-state index < -0.39 is 46.6 Å². The van der Waals surface area contributed by atoms with E-state index in [2.05, 4.69) is 0 Å². The van der Waals surface area contributed by atoms with Crippen LogP contribution in [0.15, 0.2) is 0 Å². The van der Waals surface area contributed by atoms with Gasteiger partial charge in [-0.05, 0) is 18.8 Å². The van der Waals surface area contributed by atoms with Crippen molar-refractivity contribution in [2.45, 2.75) is 51.1 Å². The third-order valence-electron chi connectivity index (χ3n) is 4.30. The molecule has 0 spiro atoms. The van der Waals surface area contributed by atoms with Crippen molar-refractivity contribution in [2.24, 2.45) is 5.92 Å². The van der Waals surface area contributed by atoms with Crippen molar-refractivity contribution >= 4 is 11.6 Å². The minimum atomic E-state index is -5.61. The first-order valence-electron chi connectivity index (χ1n) is 7.86. The molecule has 1 fully saturated rings. The summed E-state index contributed by atoms with van der Waals surface area (Å²) < 4.78 is 91.7. The average Bonchev–Trinajstić information content (AvgIpc) is 3.02. The summed E-state index contributed by atoms with van der Waals surface area (Å²) in [6.07, 6.45) is -0.325. The molecule has 0 unspecified atom stereocenters. The van der Waals surface area contributed by atoms with Crippen molar-refractivity contribution in [3.05, 3.63) is 28.8 Å². The van der Waals surface area contributed by atoms with Crippen LogP contribution in [0.3, 0.4) is 0 Å². The number of hydrogen-bond acceptors (Lipinski definition) is 1. The van der Waals surface area contributed by atoms with Crippen molar-refractivity contribution in [3.63, 3.8) is 0 Å². The van der Waals surface area contributed by atoms with Crippen LogP contribution in [0.1, 0.15) is 50.5 Å². The van der Waals surface area contributed by atoms with E-state index in [4.69, 9.17) is 0 Å². The van der Waals surface area contributed by atoms with Gasteiger partial charge in [0.05, 0.1) is 0 Å².